The first-order valence-electron chi connectivity index (χ1n) is 7.79. The number of hydrogen-bond acceptors (Lipinski definition) is 2. The van der Waals surface area contributed by atoms with Crippen LogP contribution in [0.3, 0.4) is 0 Å². The van der Waals surface area contributed by atoms with Crippen LogP contribution < -0.4 is 0 Å². The van der Waals surface area contributed by atoms with E-state index in [1.165, 1.54) is 64.0 Å². The van der Waals surface area contributed by atoms with Crippen molar-refractivity contribution in [2.75, 3.05) is 0 Å². The summed E-state index contributed by atoms with van der Waals surface area (Å²) in [5.41, 5.74) is 0. The summed E-state index contributed by atoms with van der Waals surface area (Å²) in [5.74, 6) is 2.20. The minimum atomic E-state index is -0.301. The minimum absolute atomic E-state index is 0.301. The predicted molar refractivity (Wildman–Crippen MR) is 77.5 cm³/mol. The molecule has 2 fully saturated rings. The van der Waals surface area contributed by atoms with Crippen LogP contribution in [-0.2, 0) is 9.53 Å². The molecule has 0 atom stereocenters. The molecule has 2 rings (SSSR count). The Kier molecular flexibility index (Phi) is 5.68. The second-order valence-corrected chi connectivity index (χ2v) is 6.04. The molecule has 0 N–H and O–H groups in total. The number of esters is 1. The predicted octanol–water partition coefficient (Wildman–Crippen LogP) is 4.62. The number of carbonyl (C=O) groups is 1. The summed E-state index contributed by atoms with van der Waals surface area (Å²) >= 11 is 0. The van der Waals surface area contributed by atoms with E-state index in [4.69, 9.17) is 0 Å². The smallest absolute Gasteiger partial charge is 0.335 e. The van der Waals surface area contributed by atoms with Gasteiger partial charge in [-0.15, -0.1) is 0 Å². The number of rotatable bonds is 4. The topological polar surface area (TPSA) is 26.3 Å². The van der Waals surface area contributed by atoms with Gasteiger partial charge in [0.1, 0.15) is 0 Å². The SMILES string of the molecule is C=COC(=O)C=CC1CCC(C2CCCCC2)CC1. The van der Waals surface area contributed by atoms with Gasteiger partial charge in [0.05, 0.1) is 6.26 Å². The van der Waals surface area contributed by atoms with Crippen molar-refractivity contribution in [2.24, 2.45) is 17.8 Å². The zero-order valence-corrected chi connectivity index (χ0v) is 11.9. The standard InChI is InChI=1S/C17H26O2/c1-2-19-17(18)13-10-14-8-11-16(12-9-14)15-6-4-3-5-7-15/h2,10,13-16H,1,3-9,11-12H2. The molecule has 2 aliphatic rings. The maximum absolute atomic E-state index is 11.2. The number of carbonyl (C=O) groups excluding carboxylic acids is 1. The van der Waals surface area contributed by atoms with Crippen molar-refractivity contribution in [3.63, 3.8) is 0 Å². The van der Waals surface area contributed by atoms with Gasteiger partial charge in [0.2, 0.25) is 0 Å². The van der Waals surface area contributed by atoms with Crippen molar-refractivity contribution in [1.29, 1.82) is 0 Å². The third-order valence-corrected chi connectivity index (χ3v) is 4.84. The van der Waals surface area contributed by atoms with Crippen LogP contribution in [0.1, 0.15) is 57.8 Å². The zero-order chi connectivity index (χ0) is 13.5. The Hall–Kier alpha value is -1.05. The summed E-state index contributed by atoms with van der Waals surface area (Å²) in [6.45, 7) is 3.38. The summed E-state index contributed by atoms with van der Waals surface area (Å²) in [6, 6.07) is 0. The van der Waals surface area contributed by atoms with Crippen molar-refractivity contribution < 1.29 is 9.53 Å². The Balaban J connectivity index is 1.72. The molecule has 106 valence electrons. The van der Waals surface area contributed by atoms with Crippen LogP contribution in [0.4, 0.5) is 0 Å². The first-order valence-corrected chi connectivity index (χ1v) is 7.79. The molecule has 0 aromatic carbocycles. The number of ether oxygens (including phenoxy) is 1. The number of allylic oxidation sites excluding steroid dienone is 1. The molecule has 2 saturated carbocycles. The molecule has 0 spiro atoms. The molecule has 0 aromatic heterocycles. The fourth-order valence-corrected chi connectivity index (χ4v) is 3.75. The van der Waals surface area contributed by atoms with Crippen LogP contribution in [0, 0.1) is 17.8 Å². The highest BCUT2D eigenvalue weighted by Gasteiger charge is 2.27. The van der Waals surface area contributed by atoms with E-state index in [2.05, 4.69) is 11.3 Å². The summed E-state index contributed by atoms with van der Waals surface area (Å²) in [6.07, 6.45) is 17.2. The van der Waals surface area contributed by atoms with Crippen LogP contribution in [0.15, 0.2) is 25.0 Å². The third kappa shape index (κ3) is 4.52. The quantitative estimate of drug-likeness (QED) is 0.420. The lowest BCUT2D eigenvalue weighted by Crippen LogP contribution is -2.23. The van der Waals surface area contributed by atoms with E-state index < -0.39 is 0 Å². The maximum atomic E-state index is 11.2. The fraction of sp³-hybridized carbons (Fsp3) is 0.706. The van der Waals surface area contributed by atoms with E-state index in [9.17, 15) is 4.79 Å². The van der Waals surface area contributed by atoms with Gasteiger partial charge >= 0.3 is 5.97 Å². The summed E-state index contributed by atoms with van der Waals surface area (Å²) in [5, 5.41) is 0. The summed E-state index contributed by atoms with van der Waals surface area (Å²) in [7, 11) is 0. The van der Waals surface area contributed by atoms with Gasteiger partial charge < -0.3 is 4.74 Å². The molecule has 0 amide bonds. The molecule has 0 aliphatic heterocycles. The molecular weight excluding hydrogens is 236 g/mol. The van der Waals surface area contributed by atoms with Crippen LogP contribution in [0.5, 0.6) is 0 Å². The third-order valence-electron chi connectivity index (χ3n) is 4.84. The molecule has 0 aromatic rings. The normalized spacial score (nSPS) is 29.3. The Bertz CT molecular complexity index is 318. The van der Waals surface area contributed by atoms with Crippen LogP contribution in [0.25, 0.3) is 0 Å². The van der Waals surface area contributed by atoms with Crippen LogP contribution in [0.2, 0.25) is 0 Å². The van der Waals surface area contributed by atoms with E-state index in [1.807, 2.05) is 6.08 Å². The molecule has 2 heteroatoms. The largest absolute Gasteiger partial charge is 0.432 e. The van der Waals surface area contributed by atoms with Crippen molar-refractivity contribution in [3.05, 3.63) is 25.0 Å². The van der Waals surface area contributed by atoms with Gasteiger partial charge in [0.15, 0.2) is 0 Å². The van der Waals surface area contributed by atoms with Gasteiger partial charge in [0.25, 0.3) is 0 Å². The lowest BCUT2D eigenvalue weighted by atomic mass is 9.71. The Labute approximate surface area is 116 Å². The fourth-order valence-electron chi connectivity index (χ4n) is 3.75. The highest BCUT2D eigenvalue weighted by Crippen LogP contribution is 2.40. The molecule has 0 heterocycles. The second-order valence-electron chi connectivity index (χ2n) is 6.04. The molecule has 2 aliphatic carbocycles. The molecule has 0 bridgehead atoms. The van der Waals surface area contributed by atoms with Crippen LogP contribution >= 0.6 is 0 Å². The minimum Gasteiger partial charge on any atom is -0.432 e. The van der Waals surface area contributed by atoms with Crippen molar-refractivity contribution >= 4 is 5.97 Å². The van der Waals surface area contributed by atoms with E-state index in [0.717, 1.165) is 11.8 Å². The monoisotopic (exact) mass is 262 g/mol. The van der Waals surface area contributed by atoms with Crippen molar-refractivity contribution in [3.8, 4) is 0 Å². The number of hydrogen-bond donors (Lipinski definition) is 0. The summed E-state index contributed by atoms with van der Waals surface area (Å²) in [4.78, 5) is 11.2. The molecule has 0 radical (unpaired) electrons. The lowest BCUT2D eigenvalue weighted by Gasteiger charge is -2.35. The van der Waals surface area contributed by atoms with Gasteiger partial charge in [-0.1, -0.05) is 44.8 Å². The van der Waals surface area contributed by atoms with Gasteiger partial charge in [-0.2, -0.15) is 0 Å². The average Bonchev–Trinajstić information content (AvgIpc) is 2.47. The molecule has 0 unspecified atom stereocenters. The van der Waals surface area contributed by atoms with Gasteiger partial charge in [0, 0.05) is 6.08 Å². The highest BCUT2D eigenvalue weighted by molar-refractivity contribution is 5.82. The van der Waals surface area contributed by atoms with Crippen molar-refractivity contribution in [1.82, 2.24) is 0 Å². The van der Waals surface area contributed by atoms with Gasteiger partial charge in [-0.25, -0.2) is 4.79 Å². The second kappa shape index (κ2) is 7.52. The first kappa shape index (κ1) is 14.4. The Morgan fingerprint density at radius 3 is 2.21 bits per heavy atom. The van der Waals surface area contributed by atoms with Gasteiger partial charge in [-0.05, 0) is 43.4 Å². The van der Waals surface area contributed by atoms with E-state index >= 15 is 0 Å². The van der Waals surface area contributed by atoms with Crippen LogP contribution in [-0.4, -0.2) is 5.97 Å². The highest BCUT2D eigenvalue weighted by atomic mass is 16.5. The van der Waals surface area contributed by atoms with Crippen molar-refractivity contribution in [2.45, 2.75) is 57.8 Å². The molecule has 19 heavy (non-hydrogen) atoms. The summed E-state index contributed by atoms with van der Waals surface area (Å²) < 4.78 is 4.69. The molecule has 2 nitrogen and oxygen atoms in total. The maximum Gasteiger partial charge on any atom is 0.335 e. The van der Waals surface area contributed by atoms with Gasteiger partial charge in [-0.3, -0.25) is 0 Å². The zero-order valence-electron chi connectivity index (χ0n) is 11.9. The Morgan fingerprint density at radius 2 is 1.58 bits per heavy atom. The van der Waals surface area contributed by atoms with E-state index in [1.54, 1.807) is 6.08 Å². The Morgan fingerprint density at radius 1 is 0.947 bits per heavy atom. The first-order chi connectivity index (χ1) is 9.29. The molecular formula is C17H26O2. The van der Waals surface area contributed by atoms with E-state index in [-0.39, 0.29) is 5.97 Å². The molecule has 0 saturated heterocycles. The average molecular weight is 262 g/mol. The van der Waals surface area contributed by atoms with E-state index in [0.29, 0.717) is 5.92 Å². The lowest BCUT2D eigenvalue weighted by molar-refractivity contribution is -0.132.